The van der Waals surface area contributed by atoms with E-state index >= 15 is 0 Å². The average molecular weight is 227 g/mol. The number of carbonyl (C=O) groups excluding carboxylic acids is 1. The van der Waals surface area contributed by atoms with Crippen LogP contribution in [0.3, 0.4) is 0 Å². The summed E-state index contributed by atoms with van der Waals surface area (Å²) in [7, 11) is 4.19. The summed E-state index contributed by atoms with van der Waals surface area (Å²) in [5.41, 5.74) is 0. The average Bonchev–Trinajstić information content (AvgIpc) is 2.26. The molecule has 0 saturated carbocycles. The van der Waals surface area contributed by atoms with Crippen molar-refractivity contribution in [3.05, 3.63) is 0 Å². The summed E-state index contributed by atoms with van der Waals surface area (Å²) in [4.78, 5) is 18.4. The number of carbonyl (C=O) groups is 1. The van der Waals surface area contributed by atoms with Crippen LogP contribution in [0.1, 0.15) is 13.8 Å². The molecule has 4 nitrogen and oxygen atoms in total. The summed E-state index contributed by atoms with van der Waals surface area (Å²) >= 11 is 0. The lowest BCUT2D eigenvalue weighted by Crippen LogP contribution is -2.50. The van der Waals surface area contributed by atoms with Gasteiger partial charge < -0.3 is 9.80 Å². The molecule has 94 valence electrons. The molecule has 0 aliphatic carbocycles. The molecular weight excluding hydrogens is 202 g/mol. The van der Waals surface area contributed by atoms with Gasteiger partial charge >= 0.3 is 0 Å². The second-order valence-corrected chi connectivity index (χ2v) is 5.12. The van der Waals surface area contributed by atoms with Crippen LogP contribution in [0.4, 0.5) is 0 Å². The highest BCUT2D eigenvalue weighted by Crippen LogP contribution is 2.06. The van der Waals surface area contributed by atoms with Gasteiger partial charge in [-0.25, -0.2) is 0 Å². The SMILES string of the molecule is CC(C)C(=O)N1CCN(CCN(C)C)CC1. The van der Waals surface area contributed by atoms with Crippen LogP contribution in [0.2, 0.25) is 0 Å². The fraction of sp³-hybridized carbons (Fsp3) is 0.917. The molecule has 1 fully saturated rings. The molecule has 0 aromatic rings. The Morgan fingerprint density at radius 2 is 1.75 bits per heavy atom. The number of hydrogen-bond acceptors (Lipinski definition) is 3. The molecule has 0 atom stereocenters. The molecule has 0 N–H and O–H groups in total. The summed E-state index contributed by atoms with van der Waals surface area (Å²) in [6, 6.07) is 0. The number of piperazine rings is 1. The van der Waals surface area contributed by atoms with Gasteiger partial charge in [0.25, 0.3) is 0 Å². The highest BCUT2D eigenvalue weighted by Gasteiger charge is 2.22. The molecular formula is C12H25N3O. The second kappa shape index (κ2) is 6.21. The van der Waals surface area contributed by atoms with Crippen molar-refractivity contribution in [1.82, 2.24) is 14.7 Å². The van der Waals surface area contributed by atoms with Gasteiger partial charge in [-0.05, 0) is 14.1 Å². The van der Waals surface area contributed by atoms with Crippen LogP contribution in [0, 0.1) is 5.92 Å². The van der Waals surface area contributed by atoms with Gasteiger partial charge in [0.2, 0.25) is 5.91 Å². The van der Waals surface area contributed by atoms with Gasteiger partial charge in [-0.3, -0.25) is 9.69 Å². The van der Waals surface area contributed by atoms with Crippen LogP contribution in [-0.4, -0.2) is 74.0 Å². The maximum atomic E-state index is 11.8. The highest BCUT2D eigenvalue weighted by atomic mass is 16.2. The molecule has 1 amide bonds. The number of hydrogen-bond donors (Lipinski definition) is 0. The van der Waals surface area contributed by atoms with E-state index in [9.17, 15) is 4.79 Å². The van der Waals surface area contributed by atoms with Crippen molar-refractivity contribution >= 4 is 5.91 Å². The zero-order valence-corrected chi connectivity index (χ0v) is 11.1. The first-order chi connectivity index (χ1) is 7.50. The summed E-state index contributed by atoms with van der Waals surface area (Å²) < 4.78 is 0. The summed E-state index contributed by atoms with van der Waals surface area (Å²) in [5, 5.41) is 0. The Hall–Kier alpha value is -0.610. The van der Waals surface area contributed by atoms with E-state index in [2.05, 4.69) is 23.9 Å². The molecule has 1 heterocycles. The minimum absolute atomic E-state index is 0.133. The smallest absolute Gasteiger partial charge is 0.225 e. The summed E-state index contributed by atoms with van der Waals surface area (Å²) in [6.07, 6.45) is 0. The zero-order chi connectivity index (χ0) is 12.1. The Bertz CT molecular complexity index is 220. The molecule has 0 radical (unpaired) electrons. The van der Waals surface area contributed by atoms with Crippen LogP contribution >= 0.6 is 0 Å². The first-order valence-electron chi connectivity index (χ1n) is 6.16. The quantitative estimate of drug-likeness (QED) is 0.693. The van der Waals surface area contributed by atoms with Gasteiger partial charge in [0.15, 0.2) is 0 Å². The molecule has 0 spiro atoms. The molecule has 0 bridgehead atoms. The summed E-state index contributed by atoms with van der Waals surface area (Å²) in [5.74, 6) is 0.431. The van der Waals surface area contributed by atoms with E-state index in [-0.39, 0.29) is 5.92 Å². The standard InChI is InChI=1S/C12H25N3O/c1-11(2)12(16)15-9-7-14(8-10-15)6-5-13(3)4/h11H,5-10H2,1-4H3. The first kappa shape index (κ1) is 13.5. The van der Waals surface area contributed by atoms with Gasteiger partial charge in [-0.1, -0.05) is 13.8 Å². The van der Waals surface area contributed by atoms with Gasteiger partial charge in [-0.15, -0.1) is 0 Å². The largest absolute Gasteiger partial charge is 0.340 e. The Kier molecular flexibility index (Phi) is 5.22. The van der Waals surface area contributed by atoms with Crippen molar-refractivity contribution in [2.75, 3.05) is 53.4 Å². The molecule has 4 heteroatoms. The van der Waals surface area contributed by atoms with E-state index in [0.717, 1.165) is 39.3 Å². The van der Waals surface area contributed by atoms with Crippen LogP contribution in [0.15, 0.2) is 0 Å². The van der Waals surface area contributed by atoms with E-state index in [1.165, 1.54) is 0 Å². The van der Waals surface area contributed by atoms with Gasteiger partial charge in [0.1, 0.15) is 0 Å². The van der Waals surface area contributed by atoms with Crippen molar-refractivity contribution in [2.24, 2.45) is 5.92 Å². The Labute approximate surface area is 99.2 Å². The zero-order valence-electron chi connectivity index (χ0n) is 11.1. The number of likely N-dealkylation sites (N-methyl/N-ethyl adjacent to an activating group) is 1. The molecule has 0 aromatic heterocycles. The van der Waals surface area contributed by atoms with Crippen LogP contribution < -0.4 is 0 Å². The third-order valence-corrected chi connectivity index (χ3v) is 3.04. The van der Waals surface area contributed by atoms with Crippen molar-refractivity contribution in [3.63, 3.8) is 0 Å². The van der Waals surface area contributed by atoms with Crippen molar-refractivity contribution in [2.45, 2.75) is 13.8 Å². The van der Waals surface area contributed by atoms with E-state index in [4.69, 9.17) is 0 Å². The Morgan fingerprint density at radius 3 is 2.19 bits per heavy atom. The molecule has 1 aliphatic heterocycles. The van der Waals surface area contributed by atoms with Gasteiger partial charge in [0, 0.05) is 45.2 Å². The molecule has 1 aliphatic rings. The minimum Gasteiger partial charge on any atom is -0.340 e. The number of amides is 1. The lowest BCUT2D eigenvalue weighted by molar-refractivity contribution is -0.136. The lowest BCUT2D eigenvalue weighted by Gasteiger charge is -2.36. The number of nitrogens with zero attached hydrogens (tertiary/aromatic N) is 3. The molecule has 1 saturated heterocycles. The Morgan fingerprint density at radius 1 is 1.19 bits per heavy atom. The van der Waals surface area contributed by atoms with Crippen LogP contribution in [0.5, 0.6) is 0 Å². The monoisotopic (exact) mass is 227 g/mol. The first-order valence-corrected chi connectivity index (χ1v) is 6.16. The van der Waals surface area contributed by atoms with Crippen LogP contribution in [-0.2, 0) is 4.79 Å². The van der Waals surface area contributed by atoms with E-state index in [1.807, 2.05) is 18.7 Å². The molecule has 0 aromatic carbocycles. The predicted octanol–water partition coefficient (Wildman–Crippen LogP) is 0.348. The van der Waals surface area contributed by atoms with E-state index in [1.54, 1.807) is 0 Å². The lowest BCUT2D eigenvalue weighted by atomic mass is 10.1. The number of rotatable bonds is 4. The van der Waals surface area contributed by atoms with Crippen molar-refractivity contribution in [3.8, 4) is 0 Å². The van der Waals surface area contributed by atoms with Gasteiger partial charge in [0.05, 0.1) is 0 Å². The fourth-order valence-electron chi connectivity index (χ4n) is 1.90. The normalized spacial score (nSPS) is 18.5. The van der Waals surface area contributed by atoms with E-state index < -0.39 is 0 Å². The van der Waals surface area contributed by atoms with Crippen molar-refractivity contribution < 1.29 is 4.79 Å². The Balaban J connectivity index is 2.26. The predicted molar refractivity (Wildman–Crippen MR) is 66.4 cm³/mol. The summed E-state index contributed by atoms with van der Waals surface area (Å²) in [6.45, 7) is 9.98. The van der Waals surface area contributed by atoms with Gasteiger partial charge in [-0.2, -0.15) is 0 Å². The third kappa shape index (κ3) is 4.10. The van der Waals surface area contributed by atoms with Crippen LogP contribution in [0.25, 0.3) is 0 Å². The molecule has 1 rings (SSSR count). The maximum absolute atomic E-state index is 11.8. The fourth-order valence-corrected chi connectivity index (χ4v) is 1.90. The maximum Gasteiger partial charge on any atom is 0.225 e. The van der Waals surface area contributed by atoms with Crippen molar-refractivity contribution in [1.29, 1.82) is 0 Å². The third-order valence-electron chi connectivity index (χ3n) is 3.04. The highest BCUT2D eigenvalue weighted by molar-refractivity contribution is 5.78. The van der Waals surface area contributed by atoms with E-state index in [0.29, 0.717) is 5.91 Å². The minimum atomic E-state index is 0.133. The topological polar surface area (TPSA) is 26.8 Å². The molecule has 16 heavy (non-hydrogen) atoms. The second-order valence-electron chi connectivity index (χ2n) is 5.12. The molecule has 0 unspecified atom stereocenters.